The molecule has 0 aliphatic rings. The number of rotatable bonds is 5. The molecule has 1 N–H and O–H groups in total. The van der Waals surface area contributed by atoms with Gasteiger partial charge in [-0.1, -0.05) is 34.1 Å². The van der Waals surface area contributed by atoms with Gasteiger partial charge in [-0.25, -0.2) is 0 Å². The van der Waals surface area contributed by atoms with Crippen LogP contribution >= 0.6 is 15.9 Å². The molecule has 0 atom stereocenters. The standard InChI is InChI=1S/C17H20BrNO/c1-12(2)20-17-7-5-4-6-14(17)11-19-16-9-8-15(18)10-13(16)3/h4-10,12,19H,11H2,1-3H3. The minimum Gasteiger partial charge on any atom is -0.491 e. The molecule has 0 radical (unpaired) electrons. The molecule has 2 aromatic rings. The summed E-state index contributed by atoms with van der Waals surface area (Å²) in [6, 6.07) is 14.4. The average Bonchev–Trinajstić information content (AvgIpc) is 2.39. The maximum absolute atomic E-state index is 5.84. The Bertz CT molecular complexity index is 581. The van der Waals surface area contributed by atoms with Crippen molar-refractivity contribution >= 4 is 21.6 Å². The molecule has 2 nitrogen and oxygen atoms in total. The fourth-order valence-electron chi connectivity index (χ4n) is 2.03. The molecule has 20 heavy (non-hydrogen) atoms. The van der Waals surface area contributed by atoms with Gasteiger partial charge in [0.05, 0.1) is 6.10 Å². The van der Waals surface area contributed by atoms with Crippen molar-refractivity contribution in [1.82, 2.24) is 0 Å². The van der Waals surface area contributed by atoms with Crippen LogP contribution in [0.5, 0.6) is 5.75 Å². The molecule has 0 spiro atoms. The Hall–Kier alpha value is -1.48. The van der Waals surface area contributed by atoms with Crippen molar-refractivity contribution in [3.05, 3.63) is 58.1 Å². The van der Waals surface area contributed by atoms with Crippen molar-refractivity contribution in [3.63, 3.8) is 0 Å². The third-order valence-corrected chi connectivity index (χ3v) is 3.49. The largest absolute Gasteiger partial charge is 0.491 e. The molecule has 2 aromatic carbocycles. The van der Waals surface area contributed by atoms with E-state index in [-0.39, 0.29) is 6.10 Å². The molecular formula is C17H20BrNO. The third kappa shape index (κ3) is 4.01. The van der Waals surface area contributed by atoms with Crippen LogP contribution in [0.2, 0.25) is 0 Å². The van der Waals surface area contributed by atoms with E-state index in [4.69, 9.17) is 4.74 Å². The number of halogens is 1. The first-order valence-electron chi connectivity index (χ1n) is 6.81. The zero-order valence-corrected chi connectivity index (χ0v) is 13.7. The van der Waals surface area contributed by atoms with Gasteiger partial charge >= 0.3 is 0 Å². The summed E-state index contributed by atoms with van der Waals surface area (Å²) in [6.45, 7) is 6.95. The second kappa shape index (κ2) is 6.80. The Kier molecular flexibility index (Phi) is 5.07. The summed E-state index contributed by atoms with van der Waals surface area (Å²) in [6.07, 6.45) is 0.186. The highest BCUT2D eigenvalue weighted by molar-refractivity contribution is 9.10. The highest BCUT2D eigenvalue weighted by Gasteiger charge is 2.05. The molecule has 0 aliphatic heterocycles. The van der Waals surface area contributed by atoms with Crippen molar-refractivity contribution in [2.24, 2.45) is 0 Å². The summed E-state index contributed by atoms with van der Waals surface area (Å²) in [5, 5.41) is 3.47. The van der Waals surface area contributed by atoms with E-state index in [2.05, 4.69) is 46.4 Å². The van der Waals surface area contributed by atoms with Crippen molar-refractivity contribution in [1.29, 1.82) is 0 Å². The van der Waals surface area contributed by atoms with E-state index in [0.717, 1.165) is 22.5 Å². The van der Waals surface area contributed by atoms with E-state index < -0.39 is 0 Å². The van der Waals surface area contributed by atoms with E-state index in [1.54, 1.807) is 0 Å². The van der Waals surface area contributed by atoms with Crippen LogP contribution < -0.4 is 10.1 Å². The van der Waals surface area contributed by atoms with Gasteiger partial charge in [-0.2, -0.15) is 0 Å². The molecule has 0 heterocycles. The number of hydrogen-bond donors (Lipinski definition) is 1. The van der Waals surface area contributed by atoms with Crippen LogP contribution in [0.3, 0.4) is 0 Å². The first-order valence-corrected chi connectivity index (χ1v) is 7.60. The number of ether oxygens (including phenoxy) is 1. The summed E-state index contributed by atoms with van der Waals surface area (Å²) in [5.74, 6) is 0.949. The van der Waals surface area contributed by atoms with Gasteiger partial charge in [-0.3, -0.25) is 0 Å². The Morgan fingerprint density at radius 3 is 2.60 bits per heavy atom. The molecule has 0 saturated carbocycles. The molecule has 0 bridgehead atoms. The molecule has 2 rings (SSSR count). The molecule has 0 aromatic heterocycles. The van der Waals surface area contributed by atoms with E-state index in [0.29, 0.717) is 0 Å². The highest BCUT2D eigenvalue weighted by atomic mass is 79.9. The predicted molar refractivity (Wildman–Crippen MR) is 88.4 cm³/mol. The maximum atomic E-state index is 5.84. The van der Waals surface area contributed by atoms with Gasteiger partial charge in [-0.05, 0) is 50.6 Å². The van der Waals surface area contributed by atoms with Crippen LogP contribution in [0.25, 0.3) is 0 Å². The van der Waals surface area contributed by atoms with Crippen LogP contribution in [-0.2, 0) is 6.54 Å². The number of para-hydroxylation sites is 1. The topological polar surface area (TPSA) is 21.3 Å². The Morgan fingerprint density at radius 1 is 1.15 bits per heavy atom. The van der Waals surface area contributed by atoms with Crippen LogP contribution in [0, 0.1) is 6.92 Å². The van der Waals surface area contributed by atoms with E-state index in [9.17, 15) is 0 Å². The van der Waals surface area contributed by atoms with Crippen LogP contribution in [-0.4, -0.2) is 6.10 Å². The molecule has 106 valence electrons. The van der Waals surface area contributed by atoms with Gasteiger partial charge < -0.3 is 10.1 Å². The average molecular weight is 334 g/mol. The zero-order valence-electron chi connectivity index (χ0n) is 12.1. The van der Waals surface area contributed by atoms with E-state index in [1.165, 1.54) is 11.1 Å². The highest BCUT2D eigenvalue weighted by Crippen LogP contribution is 2.23. The maximum Gasteiger partial charge on any atom is 0.124 e. The summed E-state index contributed by atoms with van der Waals surface area (Å²) in [7, 11) is 0. The summed E-state index contributed by atoms with van der Waals surface area (Å²) >= 11 is 3.48. The molecule has 0 aliphatic carbocycles. The fraction of sp³-hybridized carbons (Fsp3) is 0.294. The third-order valence-electron chi connectivity index (χ3n) is 2.99. The molecule has 0 saturated heterocycles. The quantitative estimate of drug-likeness (QED) is 0.816. The minimum absolute atomic E-state index is 0.186. The molecule has 3 heteroatoms. The van der Waals surface area contributed by atoms with Crippen LogP contribution in [0.1, 0.15) is 25.0 Å². The molecule has 0 amide bonds. The smallest absolute Gasteiger partial charge is 0.124 e. The Labute approximate surface area is 129 Å². The van der Waals surface area contributed by atoms with E-state index in [1.807, 2.05) is 38.1 Å². The van der Waals surface area contributed by atoms with Gasteiger partial charge in [-0.15, -0.1) is 0 Å². The number of hydrogen-bond acceptors (Lipinski definition) is 2. The first-order chi connectivity index (χ1) is 9.56. The lowest BCUT2D eigenvalue weighted by Crippen LogP contribution is -2.09. The number of nitrogens with one attached hydrogen (secondary N) is 1. The lowest BCUT2D eigenvalue weighted by Gasteiger charge is -2.16. The SMILES string of the molecule is Cc1cc(Br)ccc1NCc1ccccc1OC(C)C. The van der Waals surface area contributed by atoms with Gasteiger partial charge in [0, 0.05) is 22.3 Å². The van der Waals surface area contributed by atoms with Gasteiger partial charge in [0.25, 0.3) is 0 Å². The Balaban J connectivity index is 2.10. The normalized spacial score (nSPS) is 10.7. The molecule has 0 fully saturated rings. The van der Waals surface area contributed by atoms with Crippen molar-refractivity contribution in [2.75, 3.05) is 5.32 Å². The second-order valence-electron chi connectivity index (χ2n) is 5.09. The minimum atomic E-state index is 0.186. The number of aryl methyl sites for hydroxylation is 1. The van der Waals surface area contributed by atoms with Crippen molar-refractivity contribution in [2.45, 2.75) is 33.4 Å². The van der Waals surface area contributed by atoms with Gasteiger partial charge in [0.15, 0.2) is 0 Å². The lowest BCUT2D eigenvalue weighted by atomic mass is 10.1. The lowest BCUT2D eigenvalue weighted by molar-refractivity contribution is 0.240. The number of benzene rings is 2. The molecule has 0 unspecified atom stereocenters. The van der Waals surface area contributed by atoms with Crippen molar-refractivity contribution < 1.29 is 4.74 Å². The fourth-order valence-corrected chi connectivity index (χ4v) is 2.51. The van der Waals surface area contributed by atoms with Crippen LogP contribution in [0.15, 0.2) is 46.9 Å². The number of anilines is 1. The zero-order chi connectivity index (χ0) is 14.5. The van der Waals surface area contributed by atoms with Crippen molar-refractivity contribution in [3.8, 4) is 5.75 Å². The van der Waals surface area contributed by atoms with Gasteiger partial charge in [0.2, 0.25) is 0 Å². The molecular weight excluding hydrogens is 314 g/mol. The predicted octanol–water partition coefficient (Wildman–Crippen LogP) is 5.16. The summed E-state index contributed by atoms with van der Waals surface area (Å²) in [5.41, 5.74) is 3.54. The Morgan fingerprint density at radius 2 is 1.90 bits per heavy atom. The van der Waals surface area contributed by atoms with E-state index >= 15 is 0 Å². The monoisotopic (exact) mass is 333 g/mol. The summed E-state index contributed by atoms with van der Waals surface area (Å²) < 4.78 is 6.94. The summed E-state index contributed by atoms with van der Waals surface area (Å²) in [4.78, 5) is 0. The van der Waals surface area contributed by atoms with Gasteiger partial charge in [0.1, 0.15) is 5.75 Å². The second-order valence-corrected chi connectivity index (χ2v) is 6.00. The van der Waals surface area contributed by atoms with Crippen LogP contribution in [0.4, 0.5) is 5.69 Å². The first kappa shape index (κ1) is 14.9.